The van der Waals surface area contributed by atoms with Gasteiger partial charge in [-0.2, -0.15) is 0 Å². The lowest BCUT2D eigenvalue weighted by atomic mass is 10.0. The summed E-state index contributed by atoms with van der Waals surface area (Å²) in [5.74, 6) is 2.39. The smallest absolute Gasteiger partial charge is 0.162 e. The van der Waals surface area contributed by atoms with Gasteiger partial charge >= 0.3 is 0 Å². The maximum absolute atomic E-state index is 5.93. The second-order valence-corrected chi connectivity index (χ2v) is 7.44. The van der Waals surface area contributed by atoms with Crippen LogP contribution in [0.15, 0.2) is 0 Å². The van der Waals surface area contributed by atoms with Crippen molar-refractivity contribution in [2.75, 3.05) is 18.5 Å². The molecule has 5 heteroatoms. The number of nitrogens with one attached hydrogen (secondary N) is 1. The Bertz CT molecular complexity index is 485. The second kappa shape index (κ2) is 7.22. The summed E-state index contributed by atoms with van der Waals surface area (Å²) in [7, 11) is 0. The van der Waals surface area contributed by atoms with E-state index in [1.54, 1.807) is 0 Å². The lowest BCUT2D eigenvalue weighted by Gasteiger charge is -2.24. The van der Waals surface area contributed by atoms with Crippen molar-refractivity contribution in [3.63, 3.8) is 0 Å². The lowest BCUT2D eigenvalue weighted by molar-refractivity contribution is 0.00920. The van der Waals surface area contributed by atoms with Gasteiger partial charge < -0.3 is 10.1 Å². The van der Waals surface area contributed by atoms with Crippen molar-refractivity contribution < 1.29 is 4.74 Å². The SMILES string of the molecule is CCCNc1nc(C2(C)CCCO2)nc(CC(C)C)c1I. The van der Waals surface area contributed by atoms with Crippen LogP contribution in [0.1, 0.15) is 58.5 Å². The van der Waals surface area contributed by atoms with Crippen LogP contribution < -0.4 is 5.32 Å². The summed E-state index contributed by atoms with van der Waals surface area (Å²) in [4.78, 5) is 9.63. The first-order chi connectivity index (χ1) is 9.96. The molecule has 4 nitrogen and oxygen atoms in total. The van der Waals surface area contributed by atoms with Gasteiger partial charge in [-0.3, -0.25) is 0 Å². The second-order valence-electron chi connectivity index (χ2n) is 6.36. The maximum atomic E-state index is 5.93. The Morgan fingerprint density at radius 3 is 2.71 bits per heavy atom. The van der Waals surface area contributed by atoms with E-state index in [0.29, 0.717) is 5.92 Å². The fourth-order valence-corrected chi connectivity index (χ4v) is 3.22. The monoisotopic (exact) mass is 403 g/mol. The van der Waals surface area contributed by atoms with Crippen LogP contribution in [-0.2, 0) is 16.8 Å². The first-order valence-electron chi connectivity index (χ1n) is 7.91. The Morgan fingerprint density at radius 2 is 2.14 bits per heavy atom. The van der Waals surface area contributed by atoms with E-state index in [2.05, 4.69) is 55.6 Å². The molecule has 1 aromatic rings. The van der Waals surface area contributed by atoms with Crippen LogP contribution in [0, 0.1) is 9.49 Å². The van der Waals surface area contributed by atoms with Gasteiger partial charge in [-0.1, -0.05) is 20.8 Å². The summed E-state index contributed by atoms with van der Waals surface area (Å²) in [5.41, 5.74) is 0.824. The Hall–Kier alpha value is -0.430. The third-order valence-corrected chi connectivity index (χ3v) is 4.89. The van der Waals surface area contributed by atoms with E-state index in [4.69, 9.17) is 14.7 Å². The molecule has 21 heavy (non-hydrogen) atoms. The molecule has 1 N–H and O–H groups in total. The van der Waals surface area contributed by atoms with Crippen molar-refractivity contribution in [3.05, 3.63) is 15.1 Å². The number of hydrogen-bond donors (Lipinski definition) is 1. The minimum atomic E-state index is -0.321. The maximum Gasteiger partial charge on any atom is 0.162 e. The Kier molecular flexibility index (Phi) is 5.82. The summed E-state index contributed by atoms with van der Waals surface area (Å²) < 4.78 is 7.08. The number of rotatable bonds is 6. The number of hydrogen-bond acceptors (Lipinski definition) is 4. The fourth-order valence-electron chi connectivity index (χ4n) is 2.57. The van der Waals surface area contributed by atoms with Crippen LogP contribution in [-0.4, -0.2) is 23.1 Å². The van der Waals surface area contributed by atoms with Gasteiger partial charge in [0.2, 0.25) is 0 Å². The minimum absolute atomic E-state index is 0.321. The molecule has 2 heterocycles. The van der Waals surface area contributed by atoms with Gasteiger partial charge in [-0.05, 0) is 61.1 Å². The Morgan fingerprint density at radius 1 is 1.38 bits per heavy atom. The van der Waals surface area contributed by atoms with Crippen LogP contribution in [0.5, 0.6) is 0 Å². The first-order valence-corrected chi connectivity index (χ1v) is 8.99. The van der Waals surface area contributed by atoms with Gasteiger partial charge in [0.05, 0.1) is 9.26 Å². The van der Waals surface area contributed by atoms with Gasteiger partial charge in [0, 0.05) is 13.2 Å². The van der Waals surface area contributed by atoms with Gasteiger partial charge in [0.1, 0.15) is 11.4 Å². The third kappa shape index (κ3) is 4.06. The molecule has 0 aliphatic carbocycles. The number of ether oxygens (including phenoxy) is 1. The van der Waals surface area contributed by atoms with E-state index >= 15 is 0 Å². The van der Waals surface area contributed by atoms with Crippen LogP contribution in [0.2, 0.25) is 0 Å². The normalized spacial score (nSPS) is 22.0. The third-order valence-electron chi connectivity index (χ3n) is 3.76. The topological polar surface area (TPSA) is 47.0 Å². The highest BCUT2D eigenvalue weighted by molar-refractivity contribution is 14.1. The van der Waals surface area contributed by atoms with Crippen molar-refractivity contribution in [2.24, 2.45) is 5.92 Å². The molecule has 1 saturated heterocycles. The summed E-state index contributed by atoms with van der Waals surface area (Å²) in [6.45, 7) is 10.5. The minimum Gasteiger partial charge on any atom is -0.369 e. The van der Waals surface area contributed by atoms with Crippen LogP contribution in [0.3, 0.4) is 0 Å². The van der Waals surface area contributed by atoms with E-state index < -0.39 is 0 Å². The molecule has 1 aliphatic heterocycles. The molecule has 0 saturated carbocycles. The lowest BCUT2D eigenvalue weighted by Crippen LogP contribution is -2.26. The quantitative estimate of drug-likeness (QED) is 0.726. The summed E-state index contributed by atoms with van der Waals surface area (Å²) in [5, 5.41) is 3.44. The molecular formula is C16H26IN3O. The molecular weight excluding hydrogens is 377 g/mol. The number of aromatic nitrogens is 2. The van der Waals surface area contributed by atoms with Crippen LogP contribution in [0.25, 0.3) is 0 Å². The van der Waals surface area contributed by atoms with Crippen LogP contribution >= 0.6 is 22.6 Å². The zero-order chi connectivity index (χ0) is 15.5. The van der Waals surface area contributed by atoms with Crippen molar-refractivity contribution in [2.45, 2.75) is 59.0 Å². The molecule has 1 aliphatic rings. The van der Waals surface area contributed by atoms with E-state index in [1.807, 2.05) is 0 Å². The van der Waals surface area contributed by atoms with Crippen molar-refractivity contribution in [3.8, 4) is 0 Å². The molecule has 0 aromatic carbocycles. The standard InChI is InChI=1S/C16H26IN3O/c1-5-8-18-14-13(17)12(10-11(2)3)19-15(20-14)16(4)7-6-9-21-16/h11H,5-10H2,1-4H3,(H,18,19,20). The van der Waals surface area contributed by atoms with Crippen molar-refractivity contribution >= 4 is 28.4 Å². The fraction of sp³-hybridized carbons (Fsp3) is 0.750. The Labute approximate surface area is 141 Å². The summed E-state index contributed by atoms with van der Waals surface area (Å²) >= 11 is 2.37. The highest BCUT2D eigenvalue weighted by Crippen LogP contribution is 2.35. The molecule has 0 radical (unpaired) electrons. The summed E-state index contributed by atoms with van der Waals surface area (Å²) in [6, 6.07) is 0. The molecule has 0 bridgehead atoms. The predicted octanol–water partition coefficient (Wildman–Crippen LogP) is 4.13. The first kappa shape index (κ1) is 16.9. The molecule has 118 valence electrons. The highest BCUT2D eigenvalue weighted by Gasteiger charge is 2.35. The molecule has 1 aromatic heterocycles. The van der Waals surface area contributed by atoms with Gasteiger partial charge in [0.25, 0.3) is 0 Å². The Balaban J connectivity index is 2.39. The zero-order valence-corrected chi connectivity index (χ0v) is 15.7. The van der Waals surface area contributed by atoms with Gasteiger partial charge in [0.15, 0.2) is 5.82 Å². The number of halogens is 1. The molecule has 0 spiro atoms. The zero-order valence-electron chi connectivity index (χ0n) is 13.5. The van der Waals surface area contributed by atoms with Crippen molar-refractivity contribution in [1.82, 2.24) is 9.97 Å². The summed E-state index contributed by atoms with van der Waals surface area (Å²) in [6.07, 6.45) is 4.15. The van der Waals surface area contributed by atoms with Crippen LogP contribution in [0.4, 0.5) is 5.82 Å². The number of anilines is 1. The van der Waals surface area contributed by atoms with E-state index in [1.165, 1.54) is 0 Å². The molecule has 1 fully saturated rings. The van der Waals surface area contributed by atoms with Gasteiger partial charge in [-0.25, -0.2) is 9.97 Å². The molecule has 2 rings (SSSR count). The number of nitrogens with zero attached hydrogens (tertiary/aromatic N) is 2. The van der Waals surface area contributed by atoms with E-state index in [0.717, 1.165) is 59.7 Å². The average Bonchev–Trinajstić information content (AvgIpc) is 2.87. The predicted molar refractivity (Wildman–Crippen MR) is 94.6 cm³/mol. The highest BCUT2D eigenvalue weighted by atomic mass is 127. The van der Waals surface area contributed by atoms with E-state index in [-0.39, 0.29) is 5.60 Å². The largest absolute Gasteiger partial charge is 0.369 e. The molecule has 1 atom stereocenters. The van der Waals surface area contributed by atoms with E-state index in [9.17, 15) is 0 Å². The average molecular weight is 403 g/mol. The molecule has 1 unspecified atom stereocenters. The van der Waals surface area contributed by atoms with Crippen molar-refractivity contribution in [1.29, 1.82) is 0 Å². The van der Waals surface area contributed by atoms with Gasteiger partial charge in [-0.15, -0.1) is 0 Å². The molecule has 0 amide bonds.